The van der Waals surface area contributed by atoms with Gasteiger partial charge in [0.1, 0.15) is 10.7 Å². The molecule has 1 heterocycles. The van der Waals surface area contributed by atoms with Gasteiger partial charge in [0.15, 0.2) is 0 Å². The zero-order valence-corrected chi connectivity index (χ0v) is 12.9. The first-order valence-electron chi connectivity index (χ1n) is 6.66. The molecule has 2 aromatic rings. The smallest absolute Gasteiger partial charge is 0.210 e. The summed E-state index contributed by atoms with van der Waals surface area (Å²) >= 11 is 0. The average Bonchev–Trinajstić information content (AvgIpc) is 2.64. The lowest BCUT2D eigenvalue weighted by Gasteiger charge is -2.08. The molecular weight excluding hydrogens is 272 g/mol. The highest BCUT2D eigenvalue weighted by molar-refractivity contribution is 7.91. The Bertz CT molecular complexity index is 716. The minimum atomic E-state index is -3.57. The van der Waals surface area contributed by atoms with E-state index in [4.69, 9.17) is 5.73 Å². The van der Waals surface area contributed by atoms with Crippen molar-refractivity contribution in [3.05, 3.63) is 41.6 Å². The Labute approximate surface area is 120 Å². The molecule has 0 saturated carbocycles. The Kier molecular flexibility index (Phi) is 3.90. The molecule has 0 amide bonds. The molecule has 0 unspecified atom stereocenters. The van der Waals surface area contributed by atoms with Gasteiger partial charge < -0.3 is 10.3 Å². The van der Waals surface area contributed by atoms with Crippen molar-refractivity contribution < 1.29 is 8.42 Å². The van der Waals surface area contributed by atoms with Crippen molar-refractivity contribution >= 4 is 15.7 Å². The molecule has 1 aromatic carbocycles. The molecule has 4 nitrogen and oxygen atoms in total. The lowest BCUT2D eigenvalue weighted by atomic mass is 10.3. The number of nitrogens with two attached hydrogens (primary N) is 1. The van der Waals surface area contributed by atoms with Gasteiger partial charge in [0, 0.05) is 12.2 Å². The Morgan fingerprint density at radius 1 is 1.15 bits per heavy atom. The normalized spacial score (nSPS) is 11.8. The third-order valence-electron chi connectivity index (χ3n) is 3.58. The first kappa shape index (κ1) is 14.7. The van der Waals surface area contributed by atoms with Crippen LogP contribution in [0.25, 0.3) is 0 Å². The molecular formula is C15H20N2O2S. The quantitative estimate of drug-likeness (QED) is 0.942. The lowest BCUT2D eigenvalue weighted by molar-refractivity contribution is 0.595. The van der Waals surface area contributed by atoms with Gasteiger partial charge in [-0.15, -0.1) is 0 Å². The Morgan fingerprint density at radius 3 is 2.30 bits per heavy atom. The van der Waals surface area contributed by atoms with Crippen molar-refractivity contribution in [2.45, 2.75) is 43.5 Å². The van der Waals surface area contributed by atoms with E-state index < -0.39 is 9.84 Å². The Morgan fingerprint density at radius 2 is 1.75 bits per heavy atom. The molecule has 0 aliphatic heterocycles. The number of rotatable bonds is 4. The number of benzene rings is 1. The highest BCUT2D eigenvalue weighted by Crippen LogP contribution is 2.33. The average molecular weight is 292 g/mol. The predicted molar refractivity (Wildman–Crippen MR) is 80.5 cm³/mol. The predicted octanol–water partition coefficient (Wildman–Crippen LogP) is 2.93. The van der Waals surface area contributed by atoms with Gasteiger partial charge in [0.05, 0.1) is 4.90 Å². The van der Waals surface area contributed by atoms with Gasteiger partial charge in [-0.3, -0.25) is 0 Å². The molecule has 0 atom stereocenters. The van der Waals surface area contributed by atoms with Gasteiger partial charge in [0.2, 0.25) is 9.84 Å². The molecule has 108 valence electrons. The highest BCUT2D eigenvalue weighted by atomic mass is 32.2. The lowest BCUT2D eigenvalue weighted by Crippen LogP contribution is -2.08. The first-order valence-corrected chi connectivity index (χ1v) is 8.14. The maximum atomic E-state index is 12.8. The number of aromatic nitrogens is 1. The van der Waals surface area contributed by atoms with Crippen molar-refractivity contribution in [2.75, 3.05) is 5.73 Å². The van der Waals surface area contributed by atoms with Crippen LogP contribution >= 0.6 is 0 Å². The van der Waals surface area contributed by atoms with E-state index in [-0.39, 0.29) is 9.79 Å². The molecule has 0 saturated heterocycles. The largest absolute Gasteiger partial charge is 0.384 e. The topological polar surface area (TPSA) is 65.1 Å². The Hall–Kier alpha value is -1.75. The van der Waals surface area contributed by atoms with E-state index >= 15 is 0 Å². The summed E-state index contributed by atoms with van der Waals surface area (Å²) in [6.07, 6.45) is 0.907. The number of hydrogen-bond donors (Lipinski definition) is 1. The molecule has 0 spiro atoms. The third-order valence-corrected chi connectivity index (χ3v) is 5.53. The summed E-state index contributed by atoms with van der Waals surface area (Å²) in [5, 5.41) is 0. The Balaban J connectivity index is 2.68. The van der Waals surface area contributed by atoms with E-state index in [1.165, 1.54) is 0 Å². The van der Waals surface area contributed by atoms with Crippen LogP contribution < -0.4 is 5.73 Å². The molecule has 2 N–H and O–H groups in total. The van der Waals surface area contributed by atoms with Crippen LogP contribution in [0.5, 0.6) is 0 Å². The second-order valence-electron chi connectivity index (χ2n) is 4.89. The summed E-state index contributed by atoms with van der Waals surface area (Å²) in [6.45, 7) is 6.49. The van der Waals surface area contributed by atoms with Crippen LogP contribution in [0.3, 0.4) is 0 Å². The van der Waals surface area contributed by atoms with E-state index in [9.17, 15) is 8.42 Å². The van der Waals surface area contributed by atoms with Gasteiger partial charge in [0.25, 0.3) is 0 Å². The number of nitrogen functional groups attached to an aromatic ring is 1. The molecule has 1 aromatic heterocycles. The van der Waals surface area contributed by atoms with Crippen LogP contribution in [0.1, 0.15) is 24.6 Å². The molecule has 0 bridgehead atoms. The van der Waals surface area contributed by atoms with Crippen LogP contribution in [0.4, 0.5) is 5.82 Å². The SMILES string of the molecule is CCCn1c(C)c(C)c(S(=O)(=O)c2ccccc2)c1N. The maximum absolute atomic E-state index is 12.8. The highest BCUT2D eigenvalue weighted by Gasteiger charge is 2.27. The van der Waals surface area contributed by atoms with E-state index in [0.29, 0.717) is 5.82 Å². The molecule has 20 heavy (non-hydrogen) atoms. The minimum Gasteiger partial charge on any atom is -0.384 e. The molecule has 0 aliphatic rings. The van der Waals surface area contributed by atoms with E-state index in [2.05, 4.69) is 0 Å². The number of nitrogens with zero attached hydrogens (tertiary/aromatic N) is 1. The fourth-order valence-corrected chi connectivity index (χ4v) is 4.12. The summed E-state index contributed by atoms with van der Waals surface area (Å²) in [5.41, 5.74) is 7.75. The van der Waals surface area contributed by atoms with Crippen molar-refractivity contribution in [2.24, 2.45) is 0 Å². The van der Waals surface area contributed by atoms with E-state index in [1.807, 2.05) is 25.3 Å². The van der Waals surface area contributed by atoms with E-state index in [1.54, 1.807) is 30.3 Å². The van der Waals surface area contributed by atoms with Gasteiger partial charge in [-0.2, -0.15) is 0 Å². The molecule has 2 rings (SSSR count). The number of sulfone groups is 1. The summed E-state index contributed by atoms with van der Waals surface area (Å²) < 4.78 is 27.4. The monoisotopic (exact) mass is 292 g/mol. The zero-order valence-electron chi connectivity index (χ0n) is 12.1. The van der Waals surface area contributed by atoms with E-state index in [0.717, 1.165) is 24.2 Å². The van der Waals surface area contributed by atoms with Crippen LogP contribution in [0, 0.1) is 13.8 Å². The second kappa shape index (κ2) is 5.32. The first-order chi connectivity index (χ1) is 9.41. The summed E-state index contributed by atoms with van der Waals surface area (Å²) in [5.74, 6) is 0.339. The van der Waals surface area contributed by atoms with Crippen molar-refractivity contribution in [1.29, 1.82) is 0 Å². The number of anilines is 1. The van der Waals surface area contributed by atoms with Gasteiger partial charge in [-0.1, -0.05) is 25.1 Å². The summed E-state index contributed by atoms with van der Waals surface area (Å²) in [6, 6.07) is 8.42. The fraction of sp³-hybridized carbons (Fsp3) is 0.333. The standard InChI is InChI=1S/C15H20N2O2S/c1-4-10-17-12(3)11(2)14(15(17)16)20(18,19)13-8-6-5-7-9-13/h5-9H,4,10,16H2,1-3H3. The minimum absolute atomic E-state index is 0.245. The van der Waals surface area contributed by atoms with Crippen molar-refractivity contribution in [3.63, 3.8) is 0 Å². The second-order valence-corrected chi connectivity index (χ2v) is 6.78. The van der Waals surface area contributed by atoms with Crippen molar-refractivity contribution in [3.8, 4) is 0 Å². The number of hydrogen-bond acceptors (Lipinski definition) is 3. The molecule has 5 heteroatoms. The maximum Gasteiger partial charge on any atom is 0.210 e. The summed E-state index contributed by atoms with van der Waals surface area (Å²) in [7, 11) is -3.57. The van der Waals surface area contributed by atoms with Gasteiger partial charge in [-0.25, -0.2) is 8.42 Å². The molecule has 0 aliphatic carbocycles. The van der Waals surface area contributed by atoms with Gasteiger partial charge >= 0.3 is 0 Å². The van der Waals surface area contributed by atoms with Crippen LogP contribution in [0.15, 0.2) is 40.1 Å². The molecule has 0 fully saturated rings. The van der Waals surface area contributed by atoms with Crippen LogP contribution in [-0.4, -0.2) is 13.0 Å². The van der Waals surface area contributed by atoms with Crippen molar-refractivity contribution in [1.82, 2.24) is 4.57 Å². The summed E-state index contributed by atoms with van der Waals surface area (Å²) in [4.78, 5) is 0.526. The fourth-order valence-electron chi connectivity index (χ4n) is 2.43. The van der Waals surface area contributed by atoms with Crippen LogP contribution in [-0.2, 0) is 16.4 Å². The van der Waals surface area contributed by atoms with Gasteiger partial charge in [-0.05, 0) is 38.0 Å². The zero-order chi connectivity index (χ0) is 14.9. The third kappa shape index (κ3) is 2.22. The van der Waals surface area contributed by atoms with Crippen LogP contribution in [0.2, 0.25) is 0 Å². The molecule has 0 radical (unpaired) electrons.